The second-order valence-corrected chi connectivity index (χ2v) is 8.26. The largest absolute Gasteiger partial charge is 0.435 e. The summed E-state index contributed by atoms with van der Waals surface area (Å²) in [5.41, 5.74) is -3.06. The van der Waals surface area contributed by atoms with Crippen molar-refractivity contribution in [2.45, 2.75) is 5.09 Å². The molecular formula is C10H2O12S. The summed E-state index contributed by atoms with van der Waals surface area (Å²) in [5.74, 6) is -7.32. The number of fused-ring (bicyclic) bond motifs is 1. The Balaban J connectivity index is 2.21. The van der Waals surface area contributed by atoms with Crippen molar-refractivity contribution < 1.29 is 44.7 Å². The van der Waals surface area contributed by atoms with Gasteiger partial charge in [-0.25, -0.2) is 28.8 Å². The summed E-state index contributed by atoms with van der Waals surface area (Å²) in [6.45, 7) is 0. The van der Waals surface area contributed by atoms with E-state index in [1.165, 1.54) is 0 Å². The van der Waals surface area contributed by atoms with Crippen LogP contribution in [0.4, 0.5) is 0 Å². The summed E-state index contributed by atoms with van der Waals surface area (Å²) in [4.78, 5) is 68.9. The Hall–Kier alpha value is -3.35. The van der Waals surface area contributed by atoms with Crippen molar-refractivity contribution in [1.82, 2.24) is 0 Å². The van der Waals surface area contributed by atoms with Gasteiger partial charge in [-0.2, -0.15) is 0 Å². The number of rotatable bonds is 0. The minimum absolute atomic E-state index is 0.596. The molecule has 1 aromatic rings. The van der Waals surface area contributed by atoms with E-state index in [-0.39, 0.29) is 0 Å². The molecule has 0 saturated carbocycles. The molecule has 0 aromatic carbocycles. The Morgan fingerprint density at radius 1 is 0.652 bits per heavy atom. The third-order valence-electron chi connectivity index (χ3n) is 3.08. The van der Waals surface area contributed by atoms with Crippen LogP contribution in [0.3, 0.4) is 0 Å². The van der Waals surface area contributed by atoms with Gasteiger partial charge in [-0.15, -0.1) is 0 Å². The lowest BCUT2D eigenvalue weighted by atomic mass is 10.5. The highest BCUT2D eigenvalue weighted by atomic mass is 32.4. The quantitative estimate of drug-likeness (QED) is 0.509. The van der Waals surface area contributed by atoms with Crippen molar-refractivity contribution in [3.63, 3.8) is 0 Å². The lowest BCUT2D eigenvalue weighted by Gasteiger charge is -2.58. The molecule has 3 aliphatic rings. The predicted molar refractivity (Wildman–Crippen MR) is 62.8 cm³/mol. The fourth-order valence-corrected chi connectivity index (χ4v) is 5.99. The Morgan fingerprint density at radius 3 is 1.57 bits per heavy atom. The van der Waals surface area contributed by atoms with Gasteiger partial charge in [0.05, 0.1) is 5.41 Å². The minimum Gasteiger partial charge on any atom is -0.413 e. The van der Waals surface area contributed by atoms with Gasteiger partial charge in [0, 0.05) is 6.08 Å². The van der Waals surface area contributed by atoms with Crippen molar-refractivity contribution in [1.29, 1.82) is 0 Å². The van der Waals surface area contributed by atoms with Gasteiger partial charge in [-0.05, 0) is 0 Å². The van der Waals surface area contributed by atoms with Crippen molar-refractivity contribution in [3.8, 4) is 0 Å². The first-order chi connectivity index (χ1) is 10.7. The molecule has 0 atom stereocenters. The highest BCUT2D eigenvalue weighted by Gasteiger charge is 2.86. The highest BCUT2D eigenvalue weighted by Crippen LogP contribution is 3.03. The number of hydrogen-bond acceptors (Lipinski definition) is 12. The highest BCUT2D eigenvalue weighted by molar-refractivity contribution is 8.54. The number of carbonyl (C=O) groups is 4. The van der Waals surface area contributed by atoms with Crippen LogP contribution in [0, 0.1) is 0 Å². The molecule has 1 spiro atoms. The summed E-state index contributed by atoms with van der Waals surface area (Å²) in [5, 5.41) is -0.421. The van der Waals surface area contributed by atoms with Crippen LogP contribution in [-0.4, -0.2) is 23.9 Å². The Labute approximate surface area is 122 Å². The van der Waals surface area contributed by atoms with Gasteiger partial charge >= 0.3 is 40.2 Å². The van der Waals surface area contributed by atoms with Gasteiger partial charge in [0.2, 0.25) is 9.42 Å². The molecule has 12 nitrogen and oxygen atoms in total. The van der Waals surface area contributed by atoms with Crippen LogP contribution in [-0.2, 0) is 35.9 Å². The molecule has 1 aromatic heterocycles. The molecule has 4 heterocycles. The zero-order chi connectivity index (χ0) is 16.7. The van der Waals surface area contributed by atoms with Crippen LogP contribution >= 0.6 is 9.42 Å². The molecule has 0 unspecified atom stereocenters. The fraction of sp³-hybridized carbons (Fsp3) is 0. The van der Waals surface area contributed by atoms with E-state index < -0.39 is 55.4 Å². The zero-order valence-electron chi connectivity index (χ0n) is 10.5. The average molecular weight is 346 g/mol. The summed E-state index contributed by atoms with van der Waals surface area (Å²) >= 11 is 0. The van der Waals surface area contributed by atoms with Crippen LogP contribution < -0.4 is 11.3 Å². The van der Waals surface area contributed by atoms with Gasteiger partial charge in [0.15, 0.2) is 5.76 Å². The minimum atomic E-state index is -6.27. The van der Waals surface area contributed by atoms with E-state index in [1.54, 1.807) is 0 Å². The summed E-state index contributed by atoms with van der Waals surface area (Å²) in [6.07, 6.45) is 0.832. The third kappa shape index (κ3) is 1.16. The van der Waals surface area contributed by atoms with E-state index in [0.717, 1.165) is 6.08 Å². The van der Waals surface area contributed by atoms with Crippen molar-refractivity contribution in [2.75, 3.05) is 0 Å². The lowest BCUT2D eigenvalue weighted by molar-refractivity contribution is -0.150. The summed E-state index contributed by atoms with van der Waals surface area (Å²) < 4.78 is 28.2. The van der Waals surface area contributed by atoms with Gasteiger partial charge in [0.1, 0.15) is 0 Å². The molecule has 2 saturated heterocycles. The van der Waals surface area contributed by atoms with Gasteiger partial charge in [0.25, 0.3) is 0 Å². The smallest absolute Gasteiger partial charge is 0.413 e. The maximum Gasteiger partial charge on any atom is 0.435 e. The number of carbonyl (C=O) groups excluding carboxylic acids is 4. The van der Waals surface area contributed by atoms with Crippen LogP contribution in [0.5, 0.6) is 0 Å². The number of hydrogen-bond donors (Lipinski definition) is 0. The monoisotopic (exact) mass is 346 g/mol. The van der Waals surface area contributed by atoms with E-state index in [2.05, 4.69) is 8.83 Å². The van der Waals surface area contributed by atoms with Crippen LogP contribution in [0.15, 0.2) is 28.9 Å². The van der Waals surface area contributed by atoms with Gasteiger partial charge in [-0.3, -0.25) is 0 Å². The molecule has 0 amide bonds. The van der Waals surface area contributed by atoms with Crippen molar-refractivity contribution in [3.05, 3.63) is 32.0 Å². The molecule has 0 radical (unpaired) electrons. The maximum atomic E-state index is 11.6. The third-order valence-corrected chi connectivity index (χ3v) is 7.04. The molecule has 23 heavy (non-hydrogen) atoms. The van der Waals surface area contributed by atoms with Crippen molar-refractivity contribution in [2.24, 2.45) is 0 Å². The molecule has 3 aliphatic heterocycles. The molecule has 13 heteroatoms. The normalized spacial score (nSPS) is 27.3. The predicted octanol–water partition coefficient (Wildman–Crippen LogP) is -1.33. The Morgan fingerprint density at radius 2 is 1.09 bits per heavy atom. The van der Waals surface area contributed by atoms with E-state index >= 15 is 0 Å². The standard InChI is InChI=1S/C10H2O12S/c11-4-5(12)18-10-3(17-4)1-2-23(10,19-6(13)7(14)20-23)21-8(15)9(16)22-23/h1-2H. The lowest BCUT2D eigenvalue weighted by Crippen LogP contribution is -2.37. The van der Waals surface area contributed by atoms with Crippen LogP contribution in [0.25, 0.3) is 6.08 Å². The maximum absolute atomic E-state index is 11.6. The molecule has 0 N–H and O–H groups in total. The Bertz CT molecular complexity index is 955. The second kappa shape index (κ2) is 3.05. The van der Waals surface area contributed by atoms with E-state index in [4.69, 9.17) is 16.7 Å². The first-order valence-electron chi connectivity index (χ1n) is 5.59. The second-order valence-electron chi connectivity index (χ2n) is 4.46. The van der Waals surface area contributed by atoms with Crippen LogP contribution in [0.1, 0.15) is 5.76 Å². The van der Waals surface area contributed by atoms with E-state index in [0.29, 0.717) is 5.41 Å². The molecule has 2 fully saturated rings. The molecule has 120 valence electrons. The fourth-order valence-electron chi connectivity index (χ4n) is 2.24. The molecular weight excluding hydrogens is 344 g/mol. The first-order valence-corrected chi connectivity index (χ1v) is 7.80. The van der Waals surface area contributed by atoms with Crippen molar-refractivity contribution >= 4 is 39.4 Å². The summed E-state index contributed by atoms with van der Waals surface area (Å²) in [6, 6.07) is 0. The molecule has 4 rings (SSSR count). The van der Waals surface area contributed by atoms with E-state index in [9.17, 15) is 28.8 Å². The van der Waals surface area contributed by atoms with Crippen LogP contribution in [0.2, 0.25) is 0 Å². The SMILES string of the molecule is O=C1OS23(C=Cc4oc(=O)c(=O)oc42)(OC1=O)OC(=O)C(=O)O3. The van der Waals surface area contributed by atoms with Gasteiger partial charge in [-0.1, -0.05) is 0 Å². The van der Waals surface area contributed by atoms with Gasteiger partial charge < -0.3 is 25.6 Å². The zero-order valence-corrected chi connectivity index (χ0v) is 11.3. The molecule has 0 aliphatic carbocycles. The summed E-state index contributed by atoms with van der Waals surface area (Å²) in [7, 11) is -6.27. The topological polar surface area (TPSA) is 166 Å². The first kappa shape index (κ1) is 13.3. The Kier molecular flexibility index (Phi) is 1.77. The van der Waals surface area contributed by atoms with E-state index in [1.807, 2.05) is 0 Å². The molecule has 0 bridgehead atoms. The average Bonchev–Trinajstić information content (AvgIpc) is 2.94.